The zero-order valence-corrected chi connectivity index (χ0v) is 12.8. The van der Waals surface area contributed by atoms with Gasteiger partial charge in [-0.15, -0.1) is 0 Å². The summed E-state index contributed by atoms with van der Waals surface area (Å²) in [5, 5.41) is 6.14. The van der Waals surface area contributed by atoms with Gasteiger partial charge in [-0.05, 0) is 31.2 Å². The Labute approximate surface area is 131 Å². The normalized spacial score (nSPS) is 10.2. The molecule has 0 aliphatic carbocycles. The number of carbonyl (C=O) groups excluding carboxylic acids is 1. The first kappa shape index (κ1) is 16.0. The van der Waals surface area contributed by atoms with Crippen LogP contribution in [0.4, 0.5) is 5.69 Å². The molecule has 2 N–H and O–H groups in total. The smallest absolute Gasteiger partial charge is 0.262 e. The minimum Gasteiger partial charge on any atom is -0.483 e. The van der Waals surface area contributed by atoms with Crippen molar-refractivity contribution in [1.82, 2.24) is 5.32 Å². The summed E-state index contributed by atoms with van der Waals surface area (Å²) in [6.07, 6.45) is 1.09. The number of anilines is 1. The summed E-state index contributed by atoms with van der Waals surface area (Å²) in [5.41, 5.74) is 1.83. The van der Waals surface area contributed by atoms with Gasteiger partial charge < -0.3 is 15.4 Å². The highest BCUT2D eigenvalue weighted by atomic mass is 16.5. The van der Waals surface area contributed by atoms with Crippen molar-refractivity contribution in [2.24, 2.45) is 0 Å². The Morgan fingerprint density at radius 3 is 2.55 bits per heavy atom. The molecule has 0 saturated carbocycles. The lowest BCUT2D eigenvalue weighted by molar-refractivity contribution is -0.118. The number of ether oxygens (including phenoxy) is 1. The molecule has 22 heavy (non-hydrogen) atoms. The van der Waals surface area contributed by atoms with Gasteiger partial charge in [-0.2, -0.15) is 0 Å². The molecule has 116 valence electrons. The zero-order chi connectivity index (χ0) is 15.6. The highest BCUT2D eigenvalue weighted by Crippen LogP contribution is 2.17. The molecular formula is C18H22N2O2. The van der Waals surface area contributed by atoms with E-state index in [0.29, 0.717) is 0 Å². The zero-order valence-electron chi connectivity index (χ0n) is 12.8. The van der Waals surface area contributed by atoms with E-state index in [1.165, 1.54) is 0 Å². The summed E-state index contributed by atoms with van der Waals surface area (Å²) in [5.74, 6) is 0.580. The molecule has 4 nitrogen and oxygen atoms in total. The van der Waals surface area contributed by atoms with Gasteiger partial charge in [0.1, 0.15) is 5.75 Å². The number of rotatable bonds is 8. The molecule has 0 radical (unpaired) electrons. The van der Waals surface area contributed by atoms with E-state index in [2.05, 4.69) is 17.6 Å². The predicted octanol–water partition coefficient (Wildman–Crippen LogP) is 3.20. The van der Waals surface area contributed by atoms with Crippen molar-refractivity contribution < 1.29 is 9.53 Å². The van der Waals surface area contributed by atoms with Crippen LogP contribution in [0.5, 0.6) is 5.75 Å². The molecule has 0 aromatic heterocycles. The van der Waals surface area contributed by atoms with Gasteiger partial charge in [-0.25, -0.2) is 0 Å². The largest absolute Gasteiger partial charge is 0.483 e. The third kappa shape index (κ3) is 5.22. The highest BCUT2D eigenvalue weighted by Gasteiger charge is 2.06. The fourth-order valence-electron chi connectivity index (χ4n) is 2.05. The molecule has 2 aromatic carbocycles. The summed E-state index contributed by atoms with van der Waals surface area (Å²) in [4.78, 5) is 11.9. The Bertz CT molecular complexity index is 585. The van der Waals surface area contributed by atoms with Crippen molar-refractivity contribution in [3.8, 4) is 5.75 Å². The summed E-state index contributed by atoms with van der Waals surface area (Å²) in [6, 6.07) is 17.1. The van der Waals surface area contributed by atoms with Crippen LogP contribution >= 0.6 is 0 Å². The van der Waals surface area contributed by atoms with E-state index in [1.54, 1.807) is 0 Å². The SMILES string of the molecule is CCCNCc1ccccc1OCC(=O)Nc1ccccc1. The second-order valence-corrected chi connectivity index (χ2v) is 4.99. The first-order chi connectivity index (χ1) is 10.8. The fourth-order valence-corrected chi connectivity index (χ4v) is 2.05. The molecule has 0 saturated heterocycles. The van der Waals surface area contributed by atoms with Crippen LogP contribution in [0.25, 0.3) is 0 Å². The van der Waals surface area contributed by atoms with Crippen LogP contribution in [-0.2, 0) is 11.3 Å². The van der Waals surface area contributed by atoms with Crippen LogP contribution in [0.1, 0.15) is 18.9 Å². The molecule has 0 aliphatic rings. The van der Waals surface area contributed by atoms with E-state index in [1.807, 2.05) is 54.6 Å². The number of nitrogens with one attached hydrogen (secondary N) is 2. The topological polar surface area (TPSA) is 50.4 Å². The van der Waals surface area contributed by atoms with Gasteiger partial charge >= 0.3 is 0 Å². The van der Waals surface area contributed by atoms with E-state index in [4.69, 9.17) is 4.74 Å². The second-order valence-electron chi connectivity index (χ2n) is 4.99. The average Bonchev–Trinajstić information content (AvgIpc) is 2.55. The van der Waals surface area contributed by atoms with E-state index in [9.17, 15) is 4.79 Å². The van der Waals surface area contributed by atoms with E-state index >= 15 is 0 Å². The number of amides is 1. The molecule has 0 bridgehead atoms. The Hall–Kier alpha value is -2.33. The number of hydrogen-bond donors (Lipinski definition) is 2. The van der Waals surface area contributed by atoms with Crippen LogP contribution in [0.2, 0.25) is 0 Å². The van der Waals surface area contributed by atoms with Crippen molar-refractivity contribution >= 4 is 11.6 Å². The Morgan fingerprint density at radius 2 is 1.77 bits per heavy atom. The molecule has 0 spiro atoms. The number of carbonyl (C=O) groups is 1. The van der Waals surface area contributed by atoms with Gasteiger partial charge in [0.25, 0.3) is 5.91 Å². The van der Waals surface area contributed by atoms with Crippen LogP contribution in [-0.4, -0.2) is 19.1 Å². The van der Waals surface area contributed by atoms with Gasteiger partial charge in [0.15, 0.2) is 6.61 Å². The second kappa shape index (κ2) is 8.85. The van der Waals surface area contributed by atoms with Crippen LogP contribution in [0.15, 0.2) is 54.6 Å². The van der Waals surface area contributed by atoms with Gasteiger partial charge in [0, 0.05) is 17.8 Å². The van der Waals surface area contributed by atoms with Crippen molar-refractivity contribution in [3.63, 3.8) is 0 Å². The lowest BCUT2D eigenvalue weighted by Crippen LogP contribution is -2.21. The summed E-state index contributed by atoms with van der Waals surface area (Å²) in [6.45, 7) is 3.83. The van der Waals surface area contributed by atoms with Crippen molar-refractivity contribution in [2.75, 3.05) is 18.5 Å². The summed E-state index contributed by atoms with van der Waals surface area (Å²) in [7, 11) is 0. The monoisotopic (exact) mass is 298 g/mol. The number of hydrogen-bond acceptors (Lipinski definition) is 3. The first-order valence-electron chi connectivity index (χ1n) is 7.56. The quantitative estimate of drug-likeness (QED) is 0.736. The lowest BCUT2D eigenvalue weighted by atomic mass is 10.2. The molecular weight excluding hydrogens is 276 g/mol. The van der Waals surface area contributed by atoms with Crippen LogP contribution < -0.4 is 15.4 Å². The highest BCUT2D eigenvalue weighted by molar-refractivity contribution is 5.91. The molecule has 0 aliphatic heterocycles. The number of para-hydroxylation sites is 2. The first-order valence-corrected chi connectivity index (χ1v) is 7.56. The molecule has 2 aromatic rings. The minimum atomic E-state index is -0.164. The Kier molecular flexibility index (Phi) is 6.45. The molecule has 0 fully saturated rings. The molecule has 0 heterocycles. The average molecular weight is 298 g/mol. The lowest BCUT2D eigenvalue weighted by Gasteiger charge is -2.12. The van der Waals surface area contributed by atoms with Gasteiger partial charge in [0.05, 0.1) is 0 Å². The summed E-state index contributed by atoms with van der Waals surface area (Å²) >= 11 is 0. The predicted molar refractivity (Wildman–Crippen MR) is 89.0 cm³/mol. The molecule has 1 amide bonds. The maximum Gasteiger partial charge on any atom is 0.262 e. The van der Waals surface area contributed by atoms with Gasteiger partial charge in [-0.3, -0.25) is 4.79 Å². The van der Waals surface area contributed by atoms with E-state index in [-0.39, 0.29) is 12.5 Å². The van der Waals surface area contributed by atoms with E-state index < -0.39 is 0 Å². The summed E-state index contributed by atoms with van der Waals surface area (Å²) < 4.78 is 5.65. The maximum absolute atomic E-state index is 11.9. The molecule has 2 rings (SSSR count). The Morgan fingerprint density at radius 1 is 1.05 bits per heavy atom. The number of benzene rings is 2. The van der Waals surface area contributed by atoms with Crippen molar-refractivity contribution in [2.45, 2.75) is 19.9 Å². The fraction of sp³-hybridized carbons (Fsp3) is 0.278. The van der Waals surface area contributed by atoms with E-state index in [0.717, 1.165) is 36.5 Å². The third-order valence-electron chi connectivity index (χ3n) is 3.13. The van der Waals surface area contributed by atoms with Crippen molar-refractivity contribution in [3.05, 3.63) is 60.2 Å². The van der Waals surface area contributed by atoms with Crippen LogP contribution in [0.3, 0.4) is 0 Å². The van der Waals surface area contributed by atoms with Crippen molar-refractivity contribution in [1.29, 1.82) is 0 Å². The van der Waals surface area contributed by atoms with Crippen LogP contribution in [0, 0.1) is 0 Å². The minimum absolute atomic E-state index is 0.000312. The Balaban J connectivity index is 1.86. The maximum atomic E-state index is 11.9. The van der Waals surface area contributed by atoms with Gasteiger partial charge in [0.2, 0.25) is 0 Å². The molecule has 0 unspecified atom stereocenters. The van der Waals surface area contributed by atoms with Gasteiger partial charge in [-0.1, -0.05) is 43.3 Å². The third-order valence-corrected chi connectivity index (χ3v) is 3.13. The standard InChI is InChI=1S/C18H22N2O2/c1-2-12-19-13-15-8-6-7-11-17(15)22-14-18(21)20-16-9-4-3-5-10-16/h3-11,19H,2,12-14H2,1H3,(H,20,21). The molecule has 0 atom stereocenters. The molecule has 4 heteroatoms.